The number of alkyl halides is 2. The summed E-state index contributed by atoms with van der Waals surface area (Å²) in [6.45, 7) is 4.32. The van der Waals surface area contributed by atoms with Crippen molar-refractivity contribution >= 4 is 12.0 Å². The van der Waals surface area contributed by atoms with E-state index in [2.05, 4.69) is 5.32 Å². The zero-order chi connectivity index (χ0) is 13.2. The zero-order valence-corrected chi connectivity index (χ0v) is 10.00. The van der Waals surface area contributed by atoms with Crippen molar-refractivity contribution in [2.45, 2.75) is 38.8 Å². The molecular weight excluding hydrogens is 234 g/mol. The van der Waals surface area contributed by atoms with E-state index in [0.717, 1.165) is 4.90 Å². The van der Waals surface area contributed by atoms with Crippen molar-refractivity contribution in [3.8, 4) is 0 Å². The van der Waals surface area contributed by atoms with Gasteiger partial charge >= 0.3 is 12.0 Å². The van der Waals surface area contributed by atoms with Crippen LogP contribution in [0.5, 0.6) is 0 Å². The molecule has 1 saturated heterocycles. The summed E-state index contributed by atoms with van der Waals surface area (Å²) in [5.41, 5.74) is -0.669. The fraction of sp³-hybridized carbons (Fsp3) is 0.800. The smallest absolute Gasteiger partial charge is 0.331 e. The van der Waals surface area contributed by atoms with E-state index in [0.29, 0.717) is 0 Å². The molecule has 0 aromatic heterocycles. The van der Waals surface area contributed by atoms with Gasteiger partial charge in [-0.25, -0.2) is 18.4 Å². The van der Waals surface area contributed by atoms with Crippen LogP contribution in [0.4, 0.5) is 13.6 Å². The Morgan fingerprint density at radius 2 is 2.18 bits per heavy atom. The van der Waals surface area contributed by atoms with Gasteiger partial charge < -0.3 is 15.0 Å². The Kier molecular flexibility index (Phi) is 3.90. The number of halogens is 2. The minimum Gasteiger partial charge on any atom is -0.458 e. The third-order valence-electron chi connectivity index (χ3n) is 2.04. The van der Waals surface area contributed by atoms with Gasteiger partial charge in [-0.3, -0.25) is 0 Å². The Labute approximate surface area is 98.1 Å². The summed E-state index contributed by atoms with van der Waals surface area (Å²) >= 11 is 0. The van der Waals surface area contributed by atoms with Crippen LogP contribution in [0.25, 0.3) is 0 Å². The maximum Gasteiger partial charge on any atom is 0.331 e. The zero-order valence-electron chi connectivity index (χ0n) is 10.00. The lowest BCUT2D eigenvalue weighted by atomic mass is 10.2. The molecule has 98 valence electrons. The second kappa shape index (κ2) is 4.85. The third kappa shape index (κ3) is 4.16. The summed E-state index contributed by atoms with van der Waals surface area (Å²) < 4.78 is 29.3. The lowest BCUT2D eigenvalue weighted by molar-refractivity contribution is -0.156. The molecule has 1 atom stereocenters. The number of nitrogens with one attached hydrogen (secondary N) is 1. The van der Waals surface area contributed by atoms with E-state index >= 15 is 0 Å². The van der Waals surface area contributed by atoms with Gasteiger partial charge in [-0.2, -0.15) is 0 Å². The molecule has 1 N–H and O–H groups in total. The van der Waals surface area contributed by atoms with Crippen LogP contribution in [-0.2, 0) is 9.53 Å². The fourth-order valence-corrected chi connectivity index (χ4v) is 1.42. The first kappa shape index (κ1) is 13.7. The van der Waals surface area contributed by atoms with Gasteiger partial charge in [0.2, 0.25) is 0 Å². The summed E-state index contributed by atoms with van der Waals surface area (Å²) in [6, 6.07) is -1.54. The average molecular weight is 250 g/mol. The van der Waals surface area contributed by atoms with Crippen molar-refractivity contribution in [1.82, 2.24) is 10.2 Å². The predicted octanol–water partition coefficient (Wildman–Crippen LogP) is 0.987. The Morgan fingerprint density at radius 1 is 1.59 bits per heavy atom. The largest absolute Gasteiger partial charge is 0.458 e. The molecule has 0 unspecified atom stereocenters. The van der Waals surface area contributed by atoms with Crippen LogP contribution >= 0.6 is 0 Å². The molecule has 7 heteroatoms. The van der Waals surface area contributed by atoms with Gasteiger partial charge in [-0.1, -0.05) is 0 Å². The topological polar surface area (TPSA) is 58.6 Å². The van der Waals surface area contributed by atoms with Gasteiger partial charge in [0, 0.05) is 0 Å². The number of rotatable bonds is 3. The highest BCUT2D eigenvalue weighted by Gasteiger charge is 2.37. The van der Waals surface area contributed by atoms with E-state index in [4.69, 9.17) is 4.74 Å². The van der Waals surface area contributed by atoms with Crippen molar-refractivity contribution < 1.29 is 23.1 Å². The van der Waals surface area contributed by atoms with Crippen molar-refractivity contribution in [2.75, 3.05) is 13.1 Å². The van der Waals surface area contributed by atoms with Crippen LogP contribution in [0.15, 0.2) is 0 Å². The summed E-state index contributed by atoms with van der Waals surface area (Å²) in [4.78, 5) is 23.8. The molecule has 1 heterocycles. The first-order valence-corrected chi connectivity index (χ1v) is 5.25. The molecule has 0 saturated carbocycles. The number of carbonyl (C=O) groups excluding carboxylic acids is 2. The van der Waals surface area contributed by atoms with Crippen LogP contribution in [0.2, 0.25) is 0 Å². The minimum atomic E-state index is -2.61. The van der Waals surface area contributed by atoms with Crippen LogP contribution in [0.3, 0.4) is 0 Å². The number of urea groups is 1. The molecule has 1 rings (SSSR count). The maximum absolute atomic E-state index is 12.1. The van der Waals surface area contributed by atoms with Gasteiger partial charge in [0.15, 0.2) is 0 Å². The van der Waals surface area contributed by atoms with E-state index in [-0.39, 0.29) is 6.54 Å². The van der Waals surface area contributed by atoms with Gasteiger partial charge in [-0.15, -0.1) is 0 Å². The van der Waals surface area contributed by atoms with Gasteiger partial charge in [-0.05, 0) is 20.8 Å². The summed E-state index contributed by atoms with van der Waals surface area (Å²) in [5.74, 6) is -0.609. The minimum absolute atomic E-state index is 0.0852. The second-order valence-electron chi connectivity index (χ2n) is 4.83. The Morgan fingerprint density at radius 3 is 2.65 bits per heavy atom. The van der Waals surface area contributed by atoms with Crippen molar-refractivity contribution in [3.63, 3.8) is 0 Å². The fourth-order valence-electron chi connectivity index (χ4n) is 1.42. The number of hydrogen-bond donors (Lipinski definition) is 1. The Hall–Kier alpha value is -1.40. The lowest BCUT2D eigenvalue weighted by Gasteiger charge is -2.21. The second-order valence-corrected chi connectivity index (χ2v) is 4.83. The van der Waals surface area contributed by atoms with Gasteiger partial charge in [0.05, 0.1) is 13.1 Å². The van der Waals surface area contributed by atoms with Crippen molar-refractivity contribution in [1.29, 1.82) is 0 Å². The molecule has 2 amide bonds. The highest BCUT2D eigenvalue weighted by molar-refractivity contribution is 5.87. The third-order valence-corrected chi connectivity index (χ3v) is 2.04. The molecule has 1 fully saturated rings. The first-order valence-electron chi connectivity index (χ1n) is 5.25. The van der Waals surface area contributed by atoms with Gasteiger partial charge in [0.25, 0.3) is 6.43 Å². The molecular formula is C10H16F2N2O3. The number of amides is 2. The Balaban J connectivity index is 2.54. The van der Waals surface area contributed by atoms with Crippen LogP contribution in [-0.4, -0.2) is 48.1 Å². The van der Waals surface area contributed by atoms with Crippen LogP contribution in [0, 0.1) is 0 Å². The van der Waals surface area contributed by atoms with Gasteiger partial charge in [0.1, 0.15) is 11.6 Å². The number of esters is 1. The Bertz CT molecular complexity index is 315. The highest BCUT2D eigenvalue weighted by atomic mass is 19.3. The molecule has 5 nitrogen and oxygen atoms in total. The number of carbonyl (C=O) groups is 2. The van der Waals surface area contributed by atoms with Crippen molar-refractivity contribution in [2.24, 2.45) is 0 Å². The lowest BCUT2D eigenvalue weighted by Crippen LogP contribution is -2.39. The summed E-state index contributed by atoms with van der Waals surface area (Å²) in [6.07, 6.45) is -2.61. The van der Waals surface area contributed by atoms with E-state index < -0.39 is 36.6 Å². The monoisotopic (exact) mass is 250 g/mol. The van der Waals surface area contributed by atoms with Crippen LogP contribution < -0.4 is 5.32 Å². The quantitative estimate of drug-likeness (QED) is 0.760. The molecule has 0 bridgehead atoms. The van der Waals surface area contributed by atoms with E-state index in [9.17, 15) is 18.4 Å². The molecule has 0 radical (unpaired) electrons. The average Bonchev–Trinajstić information content (AvgIpc) is 2.44. The number of nitrogens with zero attached hydrogens (tertiary/aromatic N) is 1. The highest BCUT2D eigenvalue weighted by Crippen LogP contribution is 2.13. The van der Waals surface area contributed by atoms with Crippen molar-refractivity contribution in [3.05, 3.63) is 0 Å². The summed E-state index contributed by atoms with van der Waals surface area (Å²) in [5, 5.41) is 2.31. The number of ether oxygens (including phenoxy) is 1. The standard InChI is InChI=1S/C10H16F2N2O3/c1-10(2,3)17-8(15)6-4-14(5-7(11)12)9(16)13-6/h6-7H,4-5H2,1-3H3,(H,13,16)/t6-/m0/s1. The normalized spacial score (nSPS) is 20.7. The molecule has 0 aromatic carbocycles. The molecule has 0 aromatic rings. The van der Waals surface area contributed by atoms with E-state index in [1.165, 1.54) is 0 Å². The molecule has 1 aliphatic rings. The molecule has 17 heavy (non-hydrogen) atoms. The van der Waals surface area contributed by atoms with E-state index in [1.54, 1.807) is 20.8 Å². The van der Waals surface area contributed by atoms with Crippen LogP contribution in [0.1, 0.15) is 20.8 Å². The molecule has 1 aliphatic heterocycles. The molecule has 0 aliphatic carbocycles. The maximum atomic E-state index is 12.1. The predicted molar refractivity (Wildman–Crippen MR) is 55.7 cm³/mol. The first-order chi connectivity index (χ1) is 7.69. The molecule has 0 spiro atoms. The summed E-state index contributed by atoms with van der Waals surface area (Å²) in [7, 11) is 0. The van der Waals surface area contributed by atoms with E-state index in [1.807, 2.05) is 0 Å². The SMILES string of the molecule is CC(C)(C)OC(=O)[C@@H]1CN(CC(F)F)C(=O)N1. The number of hydrogen-bond acceptors (Lipinski definition) is 3.